The number of nitrogen functional groups attached to an aromatic ring is 2. The summed E-state index contributed by atoms with van der Waals surface area (Å²) >= 11 is 0. The maximum atomic E-state index is 6.44. The van der Waals surface area contributed by atoms with E-state index in [-0.39, 0.29) is 0 Å². The molecule has 0 heterocycles. The number of allylic oxidation sites excluding steroid dienone is 1. The SMILES string of the molecule is Nc1ccc(OC2=CCC(Oc3ccc(N)cc3)(c3ccccc3)C=C2)cc1.c1ccc(-c2ccccc2)cc1. The lowest BCUT2D eigenvalue weighted by molar-refractivity contribution is 0.119. The van der Waals surface area contributed by atoms with Gasteiger partial charge in [0.05, 0.1) is 0 Å². The van der Waals surface area contributed by atoms with Crippen LogP contribution < -0.4 is 20.9 Å². The molecule has 0 aliphatic heterocycles. The van der Waals surface area contributed by atoms with Crippen molar-refractivity contribution in [2.24, 2.45) is 0 Å². The third-order valence-corrected chi connectivity index (χ3v) is 6.56. The van der Waals surface area contributed by atoms with E-state index in [9.17, 15) is 0 Å². The number of hydrogen-bond donors (Lipinski definition) is 2. The third-order valence-electron chi connectivity index (χ3n) is 6.56. The van der Waals surface area contributed by atoms with Crippen LogP contribution >= 0.6 is 0 Å². The highest BCUT2D eigenvalue weighted by Crippen LogP contribution is 2.37. The van der Waals surface area contributed by atoms with Crippen LogP contribution in [0.25, 0.3) is 11.1 Å². The van der Waals surface area contributed by atoms with Crippen molar-refractivity contribution in [2.75, 3.05) is 11.5 Å². The minimum absolute atomic E-state index is 0.606. The molecule has 4 heteroatoms. The zero-order valence-electron chi connectivity index (χ0n) is 22.2. The normalized spacial score (nSPS) is 15.8. The van der Waals surface area contributed by atoms with E-state index in [2.05, 4.69) is 60.7 Å². The van der Waals surface area contributed by atoms with Gasteiger partial charge < -0.3 is 20.9 Å². The molecule has 5 aromatic carbocycles. The highest BCUT2D eigenvalue weighted by molar-refractivity contribution is 5.62. The number of benzene rings is 5. The lowest BCUT2D eigenvalue weighted by Gasteiger charge is -2.33. The molecule has 198 valence electrons. The van der Waals surface area contributed by atoms with Crippen molar-refractivity contribution < 1.29 is 9.47 Å². The molecule has 0 amide bonds. The van der Waals surface area contributed by atoms with Gasteiger partial charge in [0.2, 0.25) is 0 Å². The summed E-state index contributed by atoms with van der Waals surface area (Å²) in [6, 6.07) is 45.8. The molecule has 4 N–H and O–H groups in total. The van der Waals surface area contributed by atoms with Gasteiger partial charge in [-0.2, -0.15) is 0 Å². The van der Waals surface area contributed by atoms with Crippen molar-refractivity contribution in [1.29, 1.82) is 0 Å². The molecule has 0 fully saturated rings. The van der Waals surface area contributed by atoms with Crippen LogP contribution in [0.4, 0.5) is 11.4 Å². The molecule has 1 unspecified atom stereocenters. The number of anilines is 2. The Labute approximate surface area is 235 Å². The van der Waals surface area contributed by atoms with Crippen molar-refractivity contribution in [1.82, 2.24) is 0 Å². The van der Waals surface area contributed by atoms with Gasteiger partial charge in [-0.3, -0.25) is 0 Å². The van der Waals surface area contributed by atoms with E-state index in [1.807, 2.05) is 97.1 Å². The molecule has 40 heavy (non-hydrogen) atoms. The Hall–Kier alpha value is -5.22. The van der Waals surface area contributed by atoms with E-state index < -0.39 is 5.60 Å². The van der Waals surface area contributed by atoms with Gasteiger partial charge >= 0.3 is 0 Å². The third kappa shape index (κ3) is 6.80. The summed E-state index contributed by atoms with van der Waals surface area (Å²) in [5, 5.41) is 0. The smallest absolute Gasteiger partial charge is 0.156 e. The fourth-order valence-corrected chi connectivity index (χ4v) is 4.43. The first-order chi connectivity index (χ1) is 19.6. The zero-order chi connectivity index (χ0) is 27.6. The second kappa shape index (κ2) is 12.5. The summed E-state index contributed by atoms with van der Waals surface area (Å²) in [5.41, 5.74) is 16.0. The summed E-state index contributed by atoms with van der Waals surface area (Å²) in [7, 11) is 0. The summed E-state index contributed by atoms with van der Waals surface area (Å²) in [5.74, 6) is 2.29. The van der Waals surface area contributed by atoms with E-state index in [1.54, 1.807) is 0 Å². The summed E-state index contributed by atoms with van der Waals surface area (Å²) < 4.78 is 12.4. The van der Waals surface area contributed by atoms with Crippen LogP contribution in [-0.4, -0.2) is 0 Å². The zero-order valence-corrected chi connectivity index (χ0v) is 22.2. The van der Waals surface area contributed by atoms with Gasteiger partial charge in [0.25, 0.3) is 0 Å². The Balaban J connectivity index is 0.000000223. The van der Waals surface area contributed by atoms with Crippen LogP contribution in [0.1, 0.15) is 12.0 Å². The lowest BCUT2D eigenvalue weighted by Crippen LogP contribution is -2.32. The van der Waals surface area contributed by atoms with Crippen molar-refractivity contribution in [2.45, 2.75) is 12.0 Å². The molecular formula is C36H32N2O2. The van der Waals surface area contributed by atoms with Gasteiger partial charge in [-0.05, 0) is 83.4 Å². The average Bonchev–Trinajstić information content (AvgIpc) is 3.02. The fraction of sp³-hybridized carbons (Fsp3) is 0.0556. The molecule has 6 rings (SSSR count). The van der Waals surface area contributed by atoms with Gasteiger partial charge in [0.15, 0.2) is 5.60 Å². The van der Waals surface area contributed by atoms with Crippen molar-refractivity contribution in [3.63, 3.8) is 0 Å². The first-order valence-electron chi connectivity index (χ1n) is 13.2. The first-order valence-corrected chi connectivity index (χ1v) is 13.2. The van der Waals surface area contributed by atoms with Crippen LogP contribution in [0.2, 0.25) is 0 Å². The molecular weight excluding hydrogens is 492 g/mol. The topological polar surface area (TPSA) is 70.5 Å². The molecule has 1 aliphatic rings. The van der Waals surface area contributed by atoms with Crippen LogP contribution in [0.3, 0.4) is 0 Å². The molecule has 0 saturated carbocycles. The summed E-state index contributed by atoms with van der Waals surface area (Å²) in [4.78, 5) is 0. The molecule has 0 spiro atoms. The van der Waals surface area contributed by atoms with Crippen LogP contribution in [0.5, 0.6) is 11.5 Å². The molecule has 5 aromatic rings. The predicted octanol–water partition coefficient (Wildman–Crippen LogP) is 8.40. The van der Waals surface area contributed by atoms with Crippen LogP contribution in [-0.2, 0) is 5.60 Å². The molecule has 4 nitrogen and oxygen atoms in total. The first kappa shape index (κ1) is 26.4. The predicted molar refractivity (Wildman–Crippen MR) is 165 cm³/mol. The van der Waals surface area contributed by atoms with E-state index in [4.69, 9.17) is 20.9 Å². The molecule has 0 bridgehead atoms. The lowest BCUT2D eigenvalue weighted by atomic mass is 9.86. The Kier molecular flexibility index (Phi) is 8.28. The monoisotopic (exact) mass is 524 g/mol. The molecule has 0 aromatic heterocycles. The minimum Gasteiger partial charge on any atom is -0.478 e. The molecule has 0 saturated heterocycles. The Morgan fingerprint density at radius 3 is 1.48 bits per heavy atom. The number of rotatable bonds is 6. The highest BCUT2D eigenvalue weighted by Gasteiger charge is 2.33. The van der Waals surface area contributed by atoms with Gasteiger partial charge in [0.1, 0.15) is 17.3 Å². The second-order valence-corrected chi connectivity index (χ2v) is 9.47. The minimum atomic E-state index is -0.606. The maximum Gasteiger partial charge on any atom is 0.156 e. The van der Waals surface area contributed by atoms with Gasteiger partial charge in [-0.1, -0.05) is 91.0 Å². The molecule has 1 atom stereocenters. The van der Waals surface area contributed by atoms with Gasteiger partial charge in [-0.15, -0.1) is 0 Å². The van der Waals surface area contributed by atoms with E-state index in [0.717, 1.165) is 22.8 Å². The summed E-state index contributed by atoms with van der Waals surface area (Å²) in [6.07, 6.45) is 6.68. The van der Waals surface area contributed by atoms with Crippen molar-refractivity contribution >= 4 is 11.4 Å². The fourth-order valence-electron chi connectivity index (χ4n) is 4.43. The maximum absolute atomic E-state index is 6.44. The highest BCUT2D eigenvalue weighted by atomic mass is 16.5. The van der Waals surface area contributed by atoms with Gasteiger partial charge in [0, 0.05) is 17.8 Å². The number of nitrogens with two attached hydrogens (primary N) is 2. The Morgan fingerprint density at radius 2 is 1.00 bits per heavy atom. The van der Waals surface area contributed by atoms with Crippen molar-refractivity contribution in [3.8, 4) is 22.6 Å². The standard InChI is InChI=1S/C24H22N2O2.C12H10/c25-19-6-10-21(11-7-19)27-22-14-16-24(17-15-22,18-4-2-1-3-5-18)28-23-12-8-20(26)9-13-23;1-3-7-11(8-4-1)12-9-5-2-6-10-12/h1-16H,17,25-26H2;1-10H. The molecule has 1 aliphatic carbocycles. The van der Waals surface area contributed by atoms with E-state index >= 15 is 0 Å². The average molecular weight is 525 g/mol. The van der Waals surface area contributed by atoms with E-state index in [1.165, 1.54) is 11.1 Å². The molecule has 0 radical (unpaired) electrons. The van der Waals surface area contributed by atoms with E-state index in [0.29, 0.717) is 17.8 Å². The van der Waals surface area contributed by atoms with Crippen LogP contribution in [0.15, 0.2) is 164 Å². The Bertz CT molecular complexity index is 1510. The largest absolute Gasteiger partial charge is 0.478 e. The second-order valence-electron chi connectivity index (χ2n) is 9.47. The number of ether oxygens (including phenoxy) is 2. The van der Waals surface area contributed by atoms with Gasteiger partial charge in [-0.25, -0.2) is 0 Å². The van der Waals surface area contributed by atoms with Crippen LogP contribution in [0, 0.1) is 0 Å². The Morgan fingerprint density at radius 1 is 0.525 bits per heavy atom. The summed E-state index contributed by atoms with van der Waals surface area (Å²) in [6.45, 7) is 0. The quantitative estimate of drug-likeness (QED) is 0.219. The van der Waals surface area contributed by atoms with Crippen molar-refractivity contribution in [3.05, 3.63) is 169 Å². The number of hydrogen-bond acceptors (Lipinski definition) is 4.